The minimum atomic E-state index is -0.439. The van der Waals surface area contributed by atoms with E-state index >= 15 is 0 Å². The van der Waals surface area contributed by atoms with Gasteiger partial charge in [-0.25, -0.2) is 14.8 Å². The molecule has 26 heavy (non-hydrogen) atoms. The quantitative estimate of drug-likeness (QED) is 0.813. The summed E-state index contributed by atoms with van der Waals surface area (Å²) < 4.78 is 10.1. The van der Waals surface area contributed by atoms with E-state index in [2.05, 4.69) is 9.97 Å². The van der Waals surface area contributed by atoms with E-state index in [4.69, 9.17) is 9.47 Å². The van der Waals surface area contributed by atoms with Crippen LogP contribution in [0.5, 0.6) is 0 Å². The van der Waals surface area contributed by atoms with Crippen LogP contribution in [0, 0.1) is 6.92 Å². The van der Waals surface area contributed by atoms with E-state index in [1.807, 2.05) is 31.7 Å². The van der Waals surface area contributed by atoms with Crippen molar-refractivity contribution < 1.29 is 19.1 Å². The summed E-state index contributed by atoms with van der Waals surface area (Å²) in [6.07, 6.45) is 1.29. The number of ether oxygens (including phenoxy) is 2. The van der Waals surface area contributed by atoms with E-state index in [1.54, 1.807) is 4.90 Å². The molecule has 0 radical (unpaired) electrons. The highest BCUT2D eigenvalue weighted by Gasteiger charge is 2.42. The Morgan fingerprint density at radius 3 is 2.62 bits per heavy atom. The average Bonchev–Trinajstić information content (AvgIpc) is 2.87. The number of carbonyl (C=O) groups is 2. The largest absolute Gasteiger partial charge is 0.447 e. The van der Waals surface area contributed by atoms with Crippen molar-refractivity contribution in [2.24, 2.45) is 0 Å². The van der Waals surface area contributed by atoms with Crippen LogP contribution in [0.3, 0.4) is 0 Å². The van der Waals surface area contributed by atoms with Gasteiger partial charge in [-0.2, -0.15) is 0 Å². The molecule has 1 aromatic rings. The Bertz CT molecular complexity index is 698. The van der Waals surface area contributed by atoms with E-state index in [1.165, 1.54) is 7.11 Å². The minimum absolute atomic E-state index is 0.0204. The molecule has 1 aromatic heterocycles. The summed E-state index contributed by atoms with van der Waals surface area (Å²) in [5, 5.41) is 0. The van der Waals surface area contributed by atoms with Gasteiger partial charge in [0.05, 0.1) is 5.54 Å². The monoisotopic (exact) mass is 362 g/mol. The van der Waals surface area contributed by atoms with E-state index in [0.29, 0.717) is 31.3 Å². The molecule has 0 bridgehead atoms. The zero-order chi connectivity index (χ0) is 18.9. The van der Waals surface area contributed by atoms with Crippen molar-refractivity contribution >= 4 is 17.8 Å². The zero-order valence-corrected chi connectivity index (χ0v) is 15.8. The number of cyclic esters (lactones) is 1. The topological polar surface area (TPSA) is 84.9 Å². The first-order valence-electron chi connectivity index (χ1n) is 8.91. The van der Waals surface area contributed by atoms with Crippen LogP contribution in [0.4, 0.5) is 10.6 Å². The molecule has 8 nitrogen and oxygen atoms in total. The molecule has 8 heteroatoms. The number of likely N-dealkylation sites (tertiary alicyclic amines) is 1. The number of carbonyl (C=O) groups excluding carboxylic acids is 2. The van der Waals surface area contributed by atoms with Crippen LogP contribution in [0.1, 0.15) is 44.1 Å². The summed E-state index contributed by atoms with van der Waals surface area (Å²) in [5.74, 6) is 1.47. The third kappa shape index (κ3) is 3.65. The van der Waals surface area contributed by atoms with Crippen molar-refractivity contribution in [2.75, 3.05) is 38.3 Å². The second-order valence-corrected chi connectivity index (χ2v) is 7.49. The lowest BCUT2D eigenvalue weighted by Crippen LogP contribution is -2.43. The first-order chi connectivity index (χ1) is 12.3. The van der Waals surface area contributed by atoms with Gasteiger partial charge < -0.3 is 14.4 Å². The van der Waals surface area contributed by atoms with E-state index in [0.717, 1.165) is 18.5 Å². The summed E-state index contributed by atoms with van der Waals surface area (Å²) in [4.78, 5) is 36.6. The molecule has 0 spiro atoms. The van der Waals surface area contributed by atoms with Gasteiger partial charge in [0.25, 0.3) is 0 Å². The van der Waals surface area contributed by atoms with Gasteiger partial charge in [0.2, 0.25) is 5.91 Å². The Labute approximate surface area is 153 Å². The van der Waals surface area contributed by atoms with Gasteiger partial charge in [0, 0.05) is 37.9 Å². The molecule has 0 aliphatic carbocycles. The molecule has 0 atom stereocenters. The molecule has 0 saturated carbocycles. The Kier molecular flexibility index (Phi) is 5.13. The predicted octanol–water partition coefficient (Wildman–Crippen LogP) is 1.87. The van der Waals surface area contributed by atoms with Crippen molar-refractivity contribution in [3.8, 4) is 0 Å². The highest BCUT2D eigenvalue weighted by atomic mass is 16.6. The lowest BCUT2D eigenvalue weighted by Gasteiger charge is -2.32. The molecule has 3 rings (SSSR count). The maximum atomic E-state index is 12.2. The van der Waals surface area contributed by atoms with Gasteiger partial charge in [0.15, 0.2) is 0 Å². The number of anilines is 1. The van der Waals surface area contributed by atoms with Crippen LogP contribution in [-0.4, -0.2) is 65.8 Å². The number of rotatable bonds is 4. The summed E-state index contributed by atoms with van der Waals surface area (Å²) >= 11 is 0. The van der Waals surface area contributed by atoms with Crippen LogP contribution < -0.4 is 4.90 Å². The Balaban J connectivity index is 1.77. The number of piperidine rings is 1. The van der Waals surface area contributed by atoms with Crippen molar-refractivity contribution in [3.63, 3.8) is 0 Å². The number of methoxy groups -OCH3 is 1. The van der Waals surface area contributed by atoms with Crippen LogP contribution >= 0.6 is 0 Å². The molecule has 0 unspecified atom stereocenters. The van der Waals surface area contributed by atoms with E-state index < -0.39 is 5.54 Å². The third-order valence-electron chi connectivity index (χ3n) is 4.94. The maximum Gasteiger partial charge on any atom is 0.416 e. The summed E-state index contributed by atoms with van der Waals surface area (Å²) in [5.41, 5.74) is 0.479. The fourth-order valence-electron chi connectivity index (χ4n) is 3.56. The zero-order valence-electron chi connectivity index (χ0n) is 15.8. The molecular weight excluding hydrogens is 336 g/mol. The number of hydrogen-bond donors (Lipinski definition) is 0. The number of aryl methyl sites for hydroxylation is 1. The van der Waals surface area contributed by atoms with Crippen molar-refractivity contribution in [1.82, 2.24) is 14.9 Å². The van der Waals surface area contributed by atoms with E-state index in [9.17, 15) is 9.59 Å². The number of nitrogens with zero attached hydrogens (tertiary/aromatic N) is 4. The molecule has 2 aliphatic rings. The summed E-state index contributed by atoms with van der Waals surface area (Å²) in [7, 11) is 1.53. The Hall–Kier alpha value is -2.22. The molecule has 2 fully saturated rings. The number of hydrogen-bond acceptors (Lipinski definition) is 6. The predicted molar refractivity (Wildman–Crippen MR) is 95.1 cm³/mol. The average molecular weight is 362 g/mol. The van der Waals surface area contributed by atoms with E-state index in [-0.39, 0.29) is 24.5 Å². The van der Waals surface area contributed by atoms with Gasteiger partial charge >= 0.3 is 6.09 Å². The van der Waals surface area contributed by atoms with Crippen molar-refractivity contribution in [3.05, 3.63) is 17.6 Å². The highest BCUT2D eigenvalue weighted by molar-refractivity contribution is 5.90. The smallest absolute Gasteiger partial charge is 0.416 e. The van der Waals surface area contributed by atoms with Crippen LogP contribution in [-0.2, 0) is 14.3 Å². The van der Waals surface area contributed by atoms with Crippen molar-refractivity contribution in [1.29, 1.82) is 0 Å². The van der Waals surface area contributed by atoms with Gasteiger partial charge in [-0.15, -0.1) is 0 Å². The fraction of sp³-hybridized carbons (Fsp3) is 0.667. The fourth-order valence-corrected chi connectivity index (χ4v) is 3.56. The second-order valence-electron chi connectivity index (χ2n) is 7.49. The lowest BCUT2D eigenvalue weighted by atomic mass is 9.93. The molecule has 0 N–H and O–H groups in total. The van der Waals surface area contributed by atoms with Gasteiger partial charge in [-0.05, 0) is 33.6 Å². The highest BCUT2D eigenvalue weighted by Crippen LogP contribution is 2.33. The van der Waals surface area contributed by atoms with Crippen LogP contribution in [0.25, 0.3) is 0 Å². The van der Waals surface area contributed by atoms with Gasteiger partial charge in [0.1, 0.15) is 24.9 Å². The number of aromatic nitrogens is 2. The summed E-state index contributed by atoms with van der Waals surface area (Å²) in [6.45, 7) is 7.56. The third-order valence-corrected chi connectivity index (χ3v) is 4.94. The van der Waals surface area contributed by atoms with Crippen LogP contribution in [0.15, 0.2) is 6.07 Å². The minimum Gasteiger partial charge on any atom is -0.447 e. The van der Waals surface area contributed by atoms with Gasteiger partial charge in [-0.3, -0.25) is 9.69 Å². The molecule has 2 amide bonds. The molecule has 2 saturated heterocycles. The molecular formula is C18H26N4O4. The molecule has 142 valence electrons. The molecule has 3 heterocycles. The SMILES string of the molecule is COCC(=O)N1CCC(c2cc(N3C(=O)OCC3(C)C)nc(C)n2)CC1. The molecule has 2 aliphatic heterocycles. The summed E-state index contributed by atoms with van der Waals surface area (Å²) in [6, 6.07) is 1.89. The Morgan fingerprint density at radius 2 is 2.04 bits per heavy atom. The van der Waals surface area contributed by atoms with Crippen molar-refractivity contribution in [2.45, 2.75) is 45.1 Å². The Morgan fingerprint density at radius 1 is 1.35 bits per heavy atom. The first-order valence-corrected chi connectivity index (χ1v) is 8.91. The maximum absolute atomic E-state index is 12.2. The first kappa shape index (κ1) is 18.6. The normalized spacial score (nSPS) is 20.4. The second kappa shape index (κ2) is 7.19. The number of amides is 2. The van der Waals surface area contributed by atoms with Crippen LogP contribution in [0.2, 0.25) is 0 Å². The van der Waals surface area contributed by atoms with Gasteiger partial charge in [-0.1, -0.05) is 0 Å². The molecule has 0 aromatic carbocycles. The standard InChI is InChI=1S/C18H26N4O4/c1-12-19-14(13-5-7-21(8-6-13)16(23)10-25-4)9-15(20-12)22-17(24)26-11-18(22,2)3/h9,13H,5-8,10-11H2,1-4H3. The lowest BCUT2D eigenvalue weighted by molar-refractivity contribution is -0.136.